The fourth-order valence-electron chi connectivity index (χ4n) is 1.34. The van der Waals surface area contributed by atoms with E-state index in [-0.39, 0.29) is 24.0 Å². The lowest BCUT2D eigenvalue weighted by Crippen LogP contribution is -2.46. The average molecular weight is 305 g/mol. The molecule has 0 aromatic heterocycles. The Morgan fingerprint density at radius 1 is 1.44 bits per heavy atom. The average Bonchev–Trinajstić information content (AvgIpc) is 2.97. The lowest BCUT2D eigenvalue weighted by Gasteiger charge is -2.22. The summed E-state index contributed by atoms with van der Waals surface area (Å²) in [6, 6.07) is -0.245. The van der Waals surface area contributed by atoms with Crippen LogP contribution < -0.4 is 10.5 Å². The summed E-state index contributed by atoms with van der Waals surface area (Å²) in [5.74, 6) is 0. The highest BCUT2D eigenvalue weighted by atomic mass is 32.2. The first kappa shape index (κ1) is 15.6. The van der Waals surface area contributed by atoms with Crippen LogP contribution in [-0.2, 0) is 10.2 Å². The van der Waals surface area contributed by atoms with E-state index >= 15 is 0 Å². The van der Waals surface area contributed by atoms with Crippen LogP contribution in [0, 0.1) is 0 Å². The highest BCUT2D eigenvalue weighted by molar-refractivity contribution is 7.87. The molecule has 1 fully saturated rings. The van der Waals surface area contributed by atoms with Crippen molar-refractivity contribution in [3.8, 4) is 0 Å². The Morgan fingerprint density at radius 2 is 2.00 bits per heavy atom. The van der Waals surface area contributed by atoms with Gasteiger partial charge in [-0.25, -0.2) is 0 Å². The summed E-state index contributed by atoms with van der Waals surface area (Å²) in [5.41, 5.74) is 5.26. The molecule has 1 aliphatic carbocycles. The lowest BCUT2D eigenvalue weighted by atomic mass is 10.4. The zero-order valence-corrected chi connectivity index (χ0v) is 11.0. The third kappa shape index (κ3) is 5.46. The van der Waals surface area contributed by atoms with Gasteiger partial charge in [0.15, 0.2) is 0 Å². The van der Waals surface area contributed by atoms with Crippen molar-refractivity contribution in [2.75, 3.05) is 13.1 Å². The smallest absolute Gasteiger partial charge is 0.393 e. The summed E-state index contributed by atoms with van der Waals surface area (Å²) in [7, 11) is -4.14. The van der Waals surface area contributed by atoms with E-state index in [1.165, 1.54) is 4.72 Å². The van der Waals surface area contributed by atoms with Gasteiger partial charge in [-0.3, -0.25) is 0 Å². The van der Waals surface area contributed by atoms with E-state index in [2.05, 4.69) is 12.2 Å². The predicted octanol–water partition coefficient (Wildman–Crippen LogP) is 0.524. The molecule has 0 bridgehead atoms. The van der Waals surface area contributed by atoms with Crippen LogP contribution in [-0.4, -0.2) is 43.0 Å². The Bertz CT molecular complexity index is 406. The molecule has 18 heavy (non-hydrogen) atoms. The zero-order chi connectivity index (χ0) is 14.0. The molecule has 0 saturated heterocycles. The molecular formula is C8H14F3N3O2S2. The van der Waals surface area contributed by atoms with Crippen LogP contribution in [0.1, 0.15) is 19.3 Å². The number of nitrogens with one attached hydrogen (secondary N) is 1. The number of halogens is 3. The van der Waals surface area contributed by atoms with Crippen molar-refractivity contribution < 1.29 is 21.6 Å². The molecule has 0 atom stereocenters. The summed E-state index contributed by atoms with van der Waals surface area (Å²) in [6.07, 6.45) is -3.14. The predicted molar refractivity (Wildman–Crippen MR) is 64.1 cm³/mol. The van der Waals surface area contributed by atoms with Gasteiger partial charge in [-0.2, -0.15) is 30.6 Å². The number of rotatable bonds is 7. The van der Waals surface area contributed by atoms with Crippen LogP contribution in [0.4, 0.5) is 13.2 Å². The van der Waals surface area contributed by atoms with Crippen LogP contribution in [0.3, 0.4) is 0 Å². The summed E-state index contributed by atoms with van der Waals surface area (Å²) in [4.78, 5) is 0.131. The summed E-state index contributed by atoms with van der Waals surface area (Å²) in [6.45, 7) is -1.57. The second-order valence-corrected chi connectivity index (χ2v) is 6.23. The minimum Gasteiger partial charge on any atom is -0.393 e. The lowest BCUT2D eigenvalue weighted by molar-refractivity contribution is -0.121. The van der Waals surface area contributed by atoms with Gasteiger partial charge in [-0.15, -0.1) is 0 Å². The van der Waals surface area contributed by atoms with Gasteiger partial charge in [0.1, 0.15) is 6.54 Å². The van der Waals surface area contributed by atoms with Crippen LogP contribution >= 0.6 is 12.2 Å². The van der Waals surface area contributed by atoms with Crippen molar-refractivity contribution in [1.29, 1.82) is 0 Å². The number of alkyl halides is 3. The van der Waals surface area contributed by atoms with Crippen molar-refractivity contribution in [3.63, 3.8) is 0 Å². The van der Waals surface area contributed by atoms with E-state index in [1.54, 1.807) is 0 Å². The monoisotopic (exact) mass is 305 g/mol. The number of nitrogens with two attached hydrogens (primary N) is 1. The number of nitrogens with zero attached hydrogens (tertiary/aromatic N) is 1. The number of hydrogen-bond acceptors (Lipinski definition) is 3. The Kier molecular flexibility index (Phi) is 4.92. The topological polar surface area (TPSA) is 75.4 Å². The summed E-state index contributed by atoms with van der Waals surface area (Å²) >= 11 is 4.62. The molecule has 5 nitrogen and oxygen atoms in total. The second kappa shape index (κ2) is 5.68. The van der Waals surface area contributed by atoms with Gasteiger partial charge in [0.2, 0.25) is 0 Å². The van der Waals surface area contributed by atoms with Crippen molar-refractivity contribution in [2.24, 2.45) is 5.73 Å². The van der Waals surface area contributed by atoms with Crippen molar-refractivity contribution in [2.45, 2.75) is 31.5 Å². The molecule has 0 aromatic rings. The van der Waals surface area contributed by atoms with Crippen LogP contribution in [0.15, 0.2) is 0 Å². The van der Waals surface area contributed by atoms with E-state index < -0.39 is 22.9 Å². The van der Waals surface area contributed by atoms with Crippen LogP contribution in [0.5, 0.6) is 0 Å². The first-order valence-corrected chi connectivity index (χ1v) is 7.08. The quantitative estimate of drug-likeness (QED) is 0.673. The third-order valence-electron chi connectivity index (χ3n) is 2.30. The number of thiocarbonyl (C=S) groups is 1. The molecule has 3 N–H and O–H groups in total. The van der Waals surface area contributed by atoms with Crippen LogP contribution in [0.25, 0.3) is 0 Å². The molecule has 1 aliphatic rings. The zero-order valence-electron chi connectivity index (χ0n) is 9.40. The summed E-state index contributed by atoms with van der Waals surface area (Å²) in [5, 5.41) is 0. The summed E-state index contributed by atoms with van der Waals surface area (Å²) < 4.78 is 61.9. The van der Waals surface area contributed by atoms with E-state index in [9.17, 15) is 21.6 Å². The minimum atomic E-state index is -4.58. The van der Waals surface area contributed by atoms with Gasteiger partial charge in [0.25, 0.3) is 10.2 Å². The van der Waals surface area contributed by atoms with Gasteiger partial charge in [-0.1, -0.05) is 12.2 Å². The largest absolute Gasteiger partial charge is 0.402 e. The first-order valence-electron chi connectivity index (χ1n) is 5.23. The molecule has 0 aromatic carbocycles. The van der Waals surface area contributed by atoms with Gasteiger partial charge < -0.3 is 5.73 Å². The normalized spacial score (nSPS) is 17.1. The van der Waals surface area contributed by atoms with Crippen LogP contribution in [0.2, 0.25) is 0 Å². The second-order valence-electron chi connectivity index (χ2n) is 4.00. The standard InChI is InChI=1S/C8H14F3N3O2S2/c9-8(10,11)5-13-18(15,16)14(6-1-2-6)4-3-7(12)17/h6,13H,1-5H2,(H2,12,17). The fourth-order valence-corrected chi connectivity index (χ4v) is 2.88. The fraction of sp³-hybridized carbons (Fsp3) is 0.875. The van der Waals surface area contributed by atoms with E-state index in [1.807, 2.05) is 0 Å². The van der Waals surface area contributed by atoms with Gasteiger partial charge >= 0.3 is 6.18 Å². The van der Waals surface area contributed by atoms with E-state index in [4.69, 9.17) is 5.73 Å². The molecule has 0 aliphatic heterocycles. The molecule has 1 rings (SSSR count). The highest BCUT2D eigenvalue weighted by Crippen LogP contribution is 2.29. The molecule has 1 saturated carbocycles. The SMILES string of the molecule is NC(=S)CCN(C1CC1)S(=O)(=O)NCC(F)(F)F. The van der Waals surface area contributed by atoms with E-state index in [0.717, 1.165) is 4.31 Å². The maximum atomic E-state index is 12.0. The van der Waals surface area contributed by atoms with Crippen molar-refractivity contribution in [3.05, 3.63) is 0 Å². The number of hydrogen-bond donors (Lipinski definition) is 2. The molecule has 10 heteroatoms. The van der Waals surface area contributed by atoms with Gasteiger partial charge in [0.05, 0.1) is 4.99 Å². The van der Waals surface area contributed by atoms with Crippen molar-refractivity contribution >= 4 is 27.4 Å². The Morgan fingerprint density at radius 3 is 2.39 bits per heavy atom. The minimum absolute atomic E-state index is 0.00713. The van der Waals surface area contributed by atoms with Crippen molar-refractivity contribution in [1.82, 2.24) is 9.03 Å². The maximum Gasteiger partial charge on any atom is 0.402 e. The Balaban J connectivity index is 2.62. The third-order valence-corrected chi connectivity index (χ3v) is 4.11. The maximum absolute atomic E-state index is 12.0. The molecule has 0 amide bonds. The molecule has 106 valence electrons. The van der Waals surface area contributed by atoms with Gasteiger partial charge in [0, 0.05) is 19.0 Å². The highest BCUT2D eigenvalue weighted by Gasteiger charge is 2.39. The molecule has 0 unspecified atom stereocenters. The Hall–Kier alpha value is -0.450. The molecule has 0 spiro atoms. The first-order chi connectivity index (χ1) is 8.12. The molecule has 0 radical (unpaired) electrons. The molecule has 0 heterocycles. The Labute approximate surface area is 109 Å². The van der Waals surface area contributed by atoms with Gasteiger partial charge in [-0.05, 0) is 12.8 Å². The molecular weight excluding hydrogens is 291 g/mol. The van der Waals surface area contributed by atoms with E-state index in [0.29, 0.717) is 12.8 Å².